The lowest BCUT2D eigenvalue weighted by Crippen LogP contribution is -2.12. The molecule has 0 bridgehead atoms. The number of anilines is 1. The fraction of sp³-hybridized carbons (Fsp3) is 0.0476. The summed E-state index contributed by atoms with van der Waals surface area (Å²) in [5, 5.41) is 7.22. The van der Waals surface area contributed by atoms with Crippen molar-refractivity contribution in [2.75, 3.05) is 5.32 Å². The van der Waals surface area contributed by atoms with Gasteiger partial charge >= 0.3 is 6.61 Å². The van der Waals surface area contributed by atoms with E-state index in [1.807, 2.05) is 47.8 Å². The van der Waals surface area contributed by atoms with Gasteiger partial charge in [0.15, 0.2) is 5.13 Å². The van der Waals surface area contributed by atoms with Gasteiger partial charge in [0, 0.05) is 16.5 Å². The largest absolute Gasteiger partial charge is 0.435 e. The first kappa shape index (κ1) is 18.1. The number of rotatable bonds is 5. The molecule has 0 fully saturated rings. The van der Waals surface area contributed by atoms with Crippen LogP contribution in [0.5, 0.6) is 5.75 Å². The first-order valence-electron chi connectivity index (χ1n) is 8.39. The lowest BCUT2D eigenvalue weighted by atomic mass is 10.1. The molecule has 0 aliphatic rings. The molecule has 0 aliphatic heterocycles. The van der Waals surface area contributed by atoms with Gasteiger partial charge in [-0.2, -0.15) is 8.78 Å². The highest BCUT2D eigenvalue weighted by Gasteiger charge is 2.12. The fourth-order valence-electron chi connectivity index (χ4n) is 2.80. The topological polar surface area (TPSA) is 51.2 Å². The molecule has 28 heavy (non-hydrogen) atoms. The SMILES string of the molecule is O=C(Nc1nc(-c2ccc3ccccc3c2)cs1)c1cccc(OC(F)F)c1. The lowest BCUT2D eigenvalue weighted by Gasteiger charge is -2.06. The quantitative estimate of drug-likeness (QED) is 0.463. The molecule has 0 aliphatic carbocycles. The van der Waals surface area contributed by atoms with Crippen LogP contribution in [-0.2, 0) is 0 Å². The van der Waals surface area contributed by atoms with Crippen LogP contribution in [0.15, 0.2) is 72.1 Å². The van der Waals surface area contributed by atoms with Crippen molar-refractivity contribution < 1.29 is 18.3 Å². The Morgan fingerprint density at radius 2 is 1.82 bits per heavy atom. The highest BCUT2D eigenvalue weighted by atomic mass is 32.1. The predicted molar refractivity (Wildman–Crippen MR) is 106 cm³/mol. The number of thiazole rings is 1. The number of fused-ring (bicyclic) bond motifs is 1. The third-order valence-electron chi connectivity index (χ3n) is 4.09. The molecule has 1 amide bonds. The minimum absolute atomic E-state index is 0.0707. The van der Waals surface area contributed by atoms with Crippen molar-refractivity contribution in [3.63, 3.8) is 0 Å². The van der Waals surface area contributed by atoms with E-state index in [0.29, 0.717) is 5.13 Å². The molecule has 0 radical (unpaired) electrons. The normalized spacial score (nSPS) is 11.0. The van der Waals surface area contributed by atoms with E-state index in [1.165, 1.54) is 35.6 Å². The molecule has 0 atom stereocenters. The average molecular weight is 396 g/mol. The standard InChI is InChI=1S/C21H14F2N2O2S/c22-20(23)27-17-7-3-6-16(11-17)19(26)25-21-24-18(12-28-21)15-9-8-13-4-1-2-5-14(13)10-15/h1-12,20H,(H,24,25,26). The molecule has 0 saturated heterocycles. The summed E-state index contributed by atoms with van der Waals surface area (Å²) in [4.78, 5) is 16.8. The van der Waals surface area contributed by atoms with Crippen molar-refractivity contribution in [1.29, 1.82) is 0 Å². The molecular weight excluding hydrogens is 382 g/mol. The van der Waals surface area contributed by atoms with E-state index >= 15 is 0 Å². The Morgan fingerprint density at radius 1 is 1.00 bits per heavy atom. The average Bonchev–Trinajstić information content (AvgIpc) is 3.16. The number of aromatic nitrogens is 1. The van der Waals surface area contributed by atoms with Crippen molar-refractivity contribution in [3.05, 3.63) is 77.7 Å². The highest BCUT2D eigenvalue weighted by Crippen LogP contribution is 2.28. The third kappa shape index (κ3) is 3.99. The van der Waals surface area contributed by atoms with Gasteiger partial charge in [-0.05, 0) is 35.0 Å². The zero-order valence-electron chi connectivity index (χ0n) is 14.4. The molecule has 4 nitrogen and oxygen atoms in total. The van der Waals surface area contributed by atoms with Crippen LogP contribution in [0.4, 0.5) is 13.9 Å². The van der Waals surface area contributed by atoms with E-state index in [9.17, 15) is 13.6 Å². The van der Waals surface area contributed by atoms with E-state index in [0.717, 1.165) is 22.0 Å². The second-order valence-electron chi connectivity index (χ2n) is 5.96. The van der Waals surface area contributed by atoms with Gasteiger partial charge in [0.05, 0.1) is 5.69 Å². The number of carbonyl (C=O) groups is 1. The Kier molecular flexibility index (Phi) is 4.99. The van der Waals surface area contributed by atoms with Crippen LogP contribution in [0.2, 0.25) is 0 Å². The summed E-state index contributed by atoms with van der Waals surface area (Å²) >= 11 is 1.29. The number of nitrogens with one attached hydrogen (secondary N) is 1. The Morgan fingerprint density at radius 3 is 2.64 bits per heavy atom. The zero-order chi connectivity index (χ0) is 19.5. The Bertz CT molecular complexity index is 1140. The predicted octanol–water partition coefficient (Wildman–Crippen LogP) is 5.82. The summed E-state index contributed by atoms with van der Waals surface area (Å²) in [6.07, 6.45) is 0. The Hall–Kier alpha value is -3.32. The number of alkyl halides is 2. The fourth-order valence-corrected chi connectivity index (χ4v) is 3.51. The lowest BCUT2D eigenvalue weighted by molar-refractivity contribution is -0.0498. The molecule has 7 heteroatoms. The van der Waals surface area contributed by atoms with Gasteiger partial charge in [-0.15, -0.1) is 11.3 Å². The van der Waals surface area contributed by atoms with Crippen LogP contribution in [0.25, 0.3) is 22.0 Å². The molecule has 0 unspecified atom stereocenters. The molecule has 3 aromatic carbocycles. The number of nitrogens with zero attached hydrogens (tertiary/aromatic N) is 1. The summed E-state index contributed by atoms with van der Waals surface area (Å²) in [5.41, 5.74) is 1.91. The number of benzene rings is 3. The van der Waals surface area contributed by atoms with Gasteiger partial charge in [-0.3, -0.25) is 10.1 Å². The second-order valence-corrected chi connectivity index (χ2v) is 6.82. The van der Waals surface area contributed by atoms with E-state index in [4.69, 9.17) is 0 Å². The van der Waals surface area contributed by atoms with E-state index in [-0.39, 0.29) is 11.3 Å². The minimum Gasteiger partial charge on any atom is -0.435 e. The van der Waals surface area contributed by atoms with Gasteiger partial charge in [0.1, 0.15) is 5.75 Å². The van der Waals surface area contributed by atoms with Gasteiger partial charge < -0.3 is 4.74 Å². The number of halogens is 2. The van der Waals surface area contributed by atoms with Crippen molar-refractivity contribution in [2.45, 2.75) is 6.61 Å². The molecule has 1 aromatic heterocycles. The molecule has 1 heterocycles. The first-order chi connectivity index (χ1) is 13.6. The number of ether oxygens (including phenoxy) is 1. The van der Waals surface area contributed by atoms with Gasteiger partial charge in [0.2, 0.25) is 0 Å². The van der Waals surface area contributed by atoms with Crippen molar-refractivity contribution in [2.24, 2.45) is 0 Å². The summed E-state index contributed by atoms with van der Waals surface area (Å²) in [7, 11) is 0. The number of hydrogen-bond acceptors (Lipinski definition) is 4. The van der Waals surface area contributed by atoms with E-state index in [1.54, 1.807) is 0 Å². The molecule has 140 valence electrons. The van der Waals surface area contributed by atoms with Crippen LogP contribution in [0, 0.1) is 0 Å². The summed E-state index contributed by atoms with van der Waals surface area (Å²) in [6.45, 7) is -2.94. The van der Waals surface area contributed by atoms with Gasteiger partial charge in [-0.1, -0.05) is 42.5 Å². The number of carbonyl (C=O) groups excluding carboxylic acids is 1. The van der Waals surface area contributed by atoms with Crippen LogP contribution in [0.3, 0.4) is 0 Å². The second kappa shape index (κ2) is 7.74. The maximum absolute atomic E-state index is 12.4. The molecule has 0 saturated carbocycles. The van der Waals surface area contributed by atoms with Crippen molar-refractivity contribution in [1.82, 2.24) is 4.98 Å². The van der Waals surface area contributed by atoms with Gasteiger partial charge in [0.25, 0.3) is 5.91 Å². The third-order valence-corrected chi connectivity index (χ3v) is 4.85. The molecular formula is C21H14F2N2O2S. The number of amides is 1. The van der Waals surface area contributed by atoms with Crippen molar-refractivity contribution >= 4 is 33.1 Å². The van der Waals surface area contributed by atoms with Crippen LogP contribution in [-0.4, -0.2) is 17.5 Å². The zero-order valence-corrected chi connectivity index (χ0v) is 15.2. The molecule has 1 N–H and O–H groups in total. The Balaban J connectivity index is 1.52. The molecule has 4 aromatic rings. The van der Waals surface area contributed by atoms with Gasteiger partial charge in [-0.25, -0.2) is 4.98 Å². The van der Waals surface area contributed by atoms with Crippen LogP contribution in [0.1, 0.15) is 10.4 Å². The highest BCUT2D eigenvalue weighted by molar-refractivity contribution is 7.14. The van der Waals surface area contributed by atoms with Crippen molar-refractivity contribution in [3.8, 4) is 17.0 Å². The maximum atomic E-state index is 12.4. The number of hydrogen-bond donors (Lipinski definition) is 1. The van der Waals surface area contributed by atoms with E-state index < -0.39 is 12.5 Å². The monoisotopic (exact) mass is 396 g/mol. The summed E-state index contributed by atoms with van der Waals surface area (Å²) in [6, 6.07) is 19.7. The van der Waals surface area contributed by atoms with Crippen LogP contribution < -0.4 is 10.1 Å². The van der Waals surface area contributed by atoms with Crippen LogP contribution >= 0.6 is 11.3 Å². The summed E-state index contributed by atoms with van der Waals surface area (Å²) < 4.78 is 29.0. The van der Waals surface area contributed by atoms with E-state index in [2.05, 4.69) is 15.0 Å². The minimum atomic E-state index is -2.94. The smallest absolute Gasteiger partial charge is 0.387 e. The molecule has 0 spiro atoms. The first-order valence-corrected chi connectivity index (χ1v) is 9.27. The Labute approximate surface area is 163 Å². The molecule has 4 rings (SSSR count). The maximum Gasteiger partial charge on any atom is 0.387 e. The summed E-state index contributed by atoms with van der Waals surface area (Å²) in [5.74, 6) is -0.516.